The number of nitrogens with zero attached hydrogens (tertiary/aromatic N) is 2. The number of hydrogen-bond acceptors (Lipinski definition) is 4. The average Bonchev–Trinajstić information content (AvgIpc) is 2.70. The van der Waals surface area contributed by atoms with Gasteiger partial charge in [0.15, 0.2) is 0 Å². The van der Waals surface area contributed by atoms with Crippen LogP contribution in [0.2, 0.25) is 0 Å². The Labute approximate surface area is 191 Å². The number of nitro benzene ring substituents is 1. The molecule has 0 saturated carbocycles. The zero-order chi connectivity index (χ0) is 22.0. The second-order valence-corrected chi connectivity index (χ2v) is 10.7. The topological polar surface area (TPSA) is 75.7 Å². The van der Waals surface area contributed by atoms with E-state index in [1.165, 1.54) is 12.1 Å². The van der Waals surface area contributed by atoms with Gasteiger partial charge in [-0.05, 0) is 18.4 Å². The molecule has 0 fully saturated rings. The Balaban J connectivity index is 0.00000132. The monoisotopic (exact) mass is 514 g/mol. The molecule has 0 aliphatic carbocycles. The van der Waals surface area contributed by atoms with Gasteiger partial charge >= 0.3 is 37.9 Å². The van der Waals surface area contributed by atoms with Gasteiger partial charge in [0.25, 0.3) is 5.69 Å². The number of halogens is 2. The van der Waals surface area contributed by atoms with E-state index in [2.05, 4.69) is 4.99 Å². The summed E-state index contributed by atoms with van der Waals surface area (Å²) in [5.41, 5.74) is 1.23. The van der Waals surface area contributed by atoms with Crippen molar-refractivity contribution >= 4 is 28.9 Å². The van der Waals surface area contributed by atoms with Crippen LogP contribution < -0.4 is 0 Å². The molecule has 2 aromatic carbocycles. The number of aromatic hydroxyl groups is 1. The van der Waals surface area contributed by atoms with Crippen LogP contribution in [0.4, 0.5) is 5.69 Å². The fraction of sp³-hybridized carbons (Fsp3) is 0.381. The molecule has 0 aliphatic rings. The van der Waals surface area contributed by atoms with E-state index in [4.69, 9.17) is 17.0 Å². The van der Waals surface area contributed by atoms with Crippen LogP contribution in [0.3, 0.4) is 0 Å². The molecule has 0 radical (unpaired) electrons. The molecule has 2 rings (SSSR count). The normalized spacial score (nSPS) is 11.3. The fourth-order valence-electron chi connectivity index (χ4n) is 3.02. The van der Waals surface area contributed by atoms with Gasteiger partial charge in [0.1, 0.15) is 5.75 Å². The second kappa shape index (κ2) is 12.5. The van der Waals surface area contributed by atoms with Gasteiger partial charge in [0.05, 0.1) is 4.92 Å². The molecule has 29 heavy (non-hydrogen) atoms. The van der Waals surface area contributed by atoms with Gasteiger partial charge in [0, 0.05) is 40.9 Å². The Bertz CT molecular complexity index is 826. The van der Waals surface area contributed by atoms with Crippen LogP contribution in [0, 0.1) is 10.1 Å². The number of non-ortho nitro benzene ring substituents is 1. The maximum atomic E-state index is 11.4. The standard InChI is InChI=1S/C21H26N2O3.2ClH.Zr/c1-5-17(6-2)22-14-15-12-18(23(25)26)13-19(20(15)24)21(3,4)16-10-8-7-9-11-16;;;/h7-14,17,24H,5-6H2,1-4H3;2*1H;/q;;;+2/p-2. The van der Waals surface area contributed by atoms with E-state index in [9.17, 15) is 15.2 Å². The van der Waals surface area contributed by atoms with Crippen molar-refractivity contribution in [2.45, 2.75) is 52.0 Å². The Morgan fingerprint density at radius 2 is 1.76 bits per heavy atom. The first-order chi connectivity index (χ1) is 13.7. The molecule has 0 unspecified atom stereocenters. The molecular formula is C21H26Cl2N2O3Zr. The van der Waals surface area contributed by atoms with Gasteiger partial charge in [-0.2, -0.15) is 0 Å². The van der Waals surface area contributed by atoms with Crippen LogP contribution >= 0.6 is 17.0 Å². The van der Waals surface area contributed by atoms with Crippen LogP contribution in [-0.2, 0) is 26.3 Å². The van der Waals surface area contributed by atoms with Crippen molar-refractivity contribution in [3.8, 4) is 5.75 Å². The quantitative estimate of drug-likeness (QED) is 0.256. The van der Waals surface area contributed by atoms with Crippen molar-refractivity contribution < 1.29 is 30.9 Å². The van der Waals surface area contributed by atoms with Crippen molar-refractivity contribution in [2.24, 2.45) is 4.99 Å². The molecule has 156 valence electrons. The summed E-state index contributed by atoms with van der Waals surface area (Å²) in [5.74, 6) is 0.0409. The molecule has 0 amide bonds. The summed E-state index contributed by atoms with van der Waals surface area (Å²) in [6.45, 7) is 7.98. The zero-order valence-electron chi connectivity index (χ0n) is 17.0. The molecule has 0 atom stereocenters. The number of aliphatic imine (C=N–C) groups is 1. The van der Waals surface area contributed by atoms with Gasteiger partial charge in [-0.25, -0.2) is 0 Å². The first-order valence-electron chi connectivity index (χ1n) is 9.29. The third-order valence-electron chi connectivity index (χ3n) is 4.87. The predicted molar refractivity (Wildman–Crippen MR) is 117 cm³/mol. The molecule has 2 aromatic rings. The van der Waals surface area contributed by atoms with E-state index in [0.717, 1.165) is 18.4 Å². The third-order valence-corrected chi connectivity index (χ3v) is 4.87. The van der Waals surface area contributed by atoms with Gasteiger partial charge in [-0.1, -0.05) is 58.0 Å². The molecule has 0 saturated heterocycles. The Kier molecular flexibility index (Phi) is 11.1. The summed E-state index contributed by atoms with van der Waals surface area (Å²) in [4.78, 5) is 15.5. The fourth-order valence-corrected chi connectivity index (χ4v) is 3.02. The number of nitro groups is 1. The Hall–Kier alpha value is -1.23. The molecule has 0 bridgehead atoms. The summed E-state index contributed by atoms with van der Waals surface area (Å²) in [6.07, 6.45) is 3.32. The second-order valence-electron chi connectivity index (χ2n) is 7.00. The number of rotatable bonds is 7. The molecule has 0 heterocycles. The first-order valence-corrected chi connectivity index (χ1v) is 15.6. The molecular weight excluding hydrogens is 490 g/mol. The minimum absolute atomic E-state index is 0.0409. The maximum absolute atomic E-state index is 11.4. The van der Waals surface area contributed by atoms with Gasteiger partial charge in [0.2, 0.25) is 0 Å². The summed E-state index contributed by atoms with van der Waals surface area (Å²) < 4.78 is 0. The SMILES string of the molecule is CCC(CC)N=Cc1cc([N+](=O)[O-])cc(C(C)(C)c2ccccc2)c1O.[Cl][Zr][Cl]. The van der Waals surface area contributed by atoms with Gasteiger partial charge < -0.3 is 5.11 Å². The summed E-state index contributed by atoms with van der Waals surface area (Å²) >= 11 is -0.826. The number of phenols is 1. The number of phenolic OH excluding ortho intramolecular Hbond substituents is 1. The van der Waals surface area contributed by atoms with Crippen LogP contribution in [0.5, 0.6) is 5.75 Å². The van der Waals surface area contributed by atoms with E-state index < -0.39 is 31.2 Å². The molecule has 0 aromatic heterocycles. The molecule has 1 N–H and O–H groups in total. The van der Waals surface area contributed by atoms with Crippen LogP contribution in [-0.4, -0.2) is 22.3 Å². The number of hydrogen-bond donors (Lipinski definition) is 1. The molecule has 5 nitrogen and oxygen atoms in total. The van der Waals surface area contributed by atoms with E-state index in [1.807, 2.05) is 58.0 Å². The zero-order valence-corrected chi connectivity index (χ0v) is 21.0. The summed E-state index contributed by atoms with van der Waals surface area (Å²) in [6, 6.07) is 12.6. The third kappa shape index (κ3) is 7.20. The van der Waals surface area contributed by atoms with Crippen molar-refractivity contribution in [3.05, 3.63) is 69.3 Å². The van der Waals surface area contributed by atoms with Crippen molar-refractivity contribution in [1.82, 2.24) is 0 Å². The van der Waals surface area contributed by atoms with Crippen molar-refractivity contribution in [2.75, 3.05) is 0 Å². The van der Waals surface area contributed by atoms with Crippen molar-refractivity contribution in [3.63, 3.8) is 0 Å². The summed E-state index contributed by atoms with van der Waals surface area (Å²) in [7, 11) is 9.87. The Morgan fingerprint density at radius 1 is 1.21 bits per heavy atom. The van der Waals surface area contributed by atoms with Crippen LogP contribution in [0.1, 0.15) is 57.2 Å². The molecule has 0 spiro atoms. The van der Waals surface area contributed by atoms with Crippen LogP contribution in [0.25, 0.3) is 0 Å². The van der Waals surface area contributed by atoms with E-state index in [1.54, 1.807) is 6.21 Å². The Morgan fingerprint density at radius 3 is 2.24 bits per heavy atom. The van der Waals surface area contributed by atoms with E-state index >= 15 is 0 Å². The number of benzene rings is 2. The van der Waals surface area contributed by atoms with Crippen molar-refractivity contribution in [1.29, 1.82) is 0 Å². The first kappa shape index (κ1) is 25.8. The van der Waals surface area contributed by atoms with Crippen LogP contribution in [0.15, 0.2) is 47.5 Å². The van der Waals surface area contributed by atoms with E-state index in [0.29, 0.717) is 11.1 Å². The minimum atomic E-state index is -0.826. The molecule has 0 aliphatic heterocycles. The molecule has 8 heteroatoms. The average molecular weight is 517 g/mol. The van der Waals surface area contributed by atoms with Gasteiger partial charge in [-0.15, -0.1) is 0 Å². The van der Waals surface area contributed by atoms with E-state index in [-0.39, 0.29) is 17.5 Å². The van der Waals surface area contributed by atoms with Gasteiger partial charge in [-0.3, -0.25) is 15.1 Å². The summed E-state index contributed by atoms with van der Waals surface area (Å²) in [5, 5.41) is 22.2. The predicted octanol–water partition coefficient (Wildman–Crippen LogP) is 6.61.